The van der Waals surface area contributed by atoms with Crippen molar-refractivity contribution in [2.45, 2.75) is 23.9 Å². The molecule has 0 bridgehead atoms. The molecule has 6 nitrogen and oxygen atoms in total. The van der Waals surface area contributed by atoms with E-state index in [9.17, 15) is 9.59 Å². The van der Waals surface area contributed by atoms with Crippen LogP contribution in [0.4, 0.5) is 0 Å². The number of ether oxygens (including phenoxy) is 2. The number of carbonyl (C=O) groups is 1. The molecule has 2 aromatic heterocycles. The number of carbonyl (C=O) groups excluding carboxylic acids is 1. The lowest BCUT2D eigenvalue weighted by molar-refractivity contribution is 0.0726. The fourth-order valence-corrected chi connectivity index (χ4v) is 4.75. The number of aromatic nitrogens is 1. The second-order valence-corrected chi connectivity index (χ2v) is 8.68. The molecule has 2 aromatic carbocycles. The minimum Gasteiger partial charge on any atom is -0.493 e. The van der Waals surface area contributed by atoms with Crippen molar-refractivity contribution in [3.8, 4) is 11.5 Å². The van der Waals surface area contributed by atoms with E-state index in [0.29, 0.717) is 29.3 Å². The highest BCUT2D eigenvalue weighted by molar-refractivity contribution is 8.00. The summed E-state index contributed by atoms with van der Waals surface area (Å²) in [6, 6.07) is 12.4. The van der Waals surface area contributed by atoms with Crippen molar-refractivity contribution in [1.82, 2.24) is 4.98 Å². The zero-order valence-corrected chi connectivity index (χ0v) is 18.5. The standard InChI is InChI=1S/C23H19NO5S2/c1-3-27-19-9-8-15-6-4-5-7-17(15)21(19)22(26)29-20-11-28-16(10-18(20)25)13-31-23-24-14(2)12-30-23/h4-12H,3,13H2,1-2H3. The molecule has 0 atom stereocenters. The molecule has 31 heavy (non-hydrogen) atoms. The largest absolute Gasteiger partial charge is 0.493 e. The molecule has 0 unspecified atom stereocenters. The summed E-state index contributed by atoms with van der Waals surface area (Å²) < 4.78 is 17.4. The van der Waals surface area contributed by atoms with Gasteiger partial charge in [-0.15, -0.1) is 11.3 Å². The lowest BCUT2D eigenvalue weighted by Gasteiger charge is -2.12. The molecule has 0 aliphatic carbocycles. The van der Waals surface area contributed by atoms with Gasteiger partial charge in [-0.2, -0.15) is 0 Å². The van der Waals surface area contributed by atoms with E-state index in [1.165, 1.54) is 35.4 Å². The number of esters is 1. The van der Waals surface area contributed by atoms with Crippen molar-refractivity contribution in [3.05, 3.63) is 81.3 Å². The molecule has 2 heterocycles. The van der Waals surface area contributed by atoms with Crippen LogP contribution in [-0.2, 0) is 5.75 Å². The summed E-state index contributed by atoms with van der Waals surface area (Å²) in [7, 11) is 0. The fourth-order valence-electron chi connectivity index (χ4n) is 3.01. The molecule has 0 fully saturated rings. The SMILES string of the molecule is CCOc1ccc2ccccc2c1C(=O)Oc1coc(CSc2nc(C)cs2)cc1=O. The van der Waals surface area contributed by atoms with E-state index in [-0.39, 0.29) is 11.3 Å². The summed E-state index contributed by atoms with van der Waals surface area (Å²) in [6.07, 6.45) is 1.18. The lowest BCUT2D eigenvalue weighted by atomic mass is 10.0. The molecule has 158 valence electrons. The predicted octanol–water partition coefficient (Wildman–Crippen LogP) is 5.47. The number of rotatable bonds is 7. The molecule has 0 saturated carbocycles. The quantitative estimate of drug-likeness (QED) is 0.271. The molecule has 4 rings (SSSR count). The van der Waals surface area contributed by atoms with Crippen molar-refractivity contribution in [1.29, 1.82) is 0 Å². The average molecular weight is 454 g/mol. The summed E-state index contributed by atoms with van der Waals surface area (Å²) in [5.74, 6) is 0.492. The topological polar surface area (TPSA) is 78.6 Å². The Morgan fingerprint density at radius 1 is 1.19 bits per heavy atom. The van der Waals surface area contributed by atoms with Gasteiger partial charge in [0.1, 0.15) is 23.3 Å². The third-order valence-corrected chi connectivity index (χ3v) is 6.55. The highest BCUT2D eigenvalue weighted by atomic mass is 32.2. The summed E-state index contributed by atoms with van der Waals surface area (Å²) in [4.78, 5) is 29.9. The van der Waals surface area contributed by atoms with E-state index in [4.69, 9.17) is 13.9 Å². The Morgan fingerprint density at radius 2 is 2.03 bits per heavy atom. The number of thioether (sulfide) groups is 1. The Labute approximate surface area is 186 Å². The van der Waals surface area contributed by atoms with Gasteiger partial charge in [0.15, 0.2) is 4.34 Å². The van der Waals surface area contributed by atoms with Crippen LogP contribution < -0.4 is 14.9 Å². The van der Waals surface area contributed by atoms with Crippen LogP contribution in [0.15, 0.2) is 67.7 Å². The Hall–Kier alpha value is -3.10. The third kappa shape index (κ3) is 4.81. The van der Waals surface area contributed by atoms with E-state index >= 15 is 0 Å². The van der Waals surface area contributed by atoms with E-state index in [2.05, 4.69) is 4.98 Å². The molecular formula is C23H19NO5S2. The number of aryl methyl sites for hydroxylation is 1. The molecule has 0 saturated heterocycles. The van der Waals surface area contributed by atoms with Crippen LogP contribution in [0.25, 0.3) is 10.8 Å². The van der Waals surface area contributed by atoms with Crippen LogP contribution >= 0.6 is 23.1 Å². The van der Waals surface area contributed by atoms with E-state index in [1.54, 1.807) is 6.07 Å². The molecule has 0 amide bonds. The maximum absolute atomic E-state index is 13.0. The summed E-state index contributed by atoms with van der Waals surface area (Å²) in [5.41, 5.74) is 0.804. The van der Waals surface area contributed by atoms with Gasteiger partial charge in [-0.25, -0.2) is 9.78 Å². The van der Waals surface area contributed by atoms with Crippen molar-refractivity contribution in [2.75, 3.05) is 6.61 Å². The van der Waals surface area contributed by atoms with Gasteiger partial charge in [0.25, 0.3) is 0 Å². The number of nitrogens with zero attached hydrogens (tertiary/aromatic N) is 1. The number of fused-ring (bicyclic) bond motifs is 1. The normalized spacial score (nSPS) is 10.9. The number of benzene rings is 2. The van der Waals surface area contributed by atoms with Crippen LogP contribution in [0, 0.1) is 6.92 Å². The maximum Gasteiger partial charge on any atom is 0.348 e. The van der Waals surface area contributed by atoms with Gasteiger partial charge < -0.3 is 13.9 Å². The maximum atomic E-state index is 13.0. The van der Waals surface area contributed by atoms with E-state index in [1.807, 2.05) is 49.6 Å². The molecule has 4 aromatic rings. The summed E-state index contributed by atoms with van der Waals surface area (Å²) >= 11 is 3.02. The summed E-state index contributed by atoms with van der Waals surface area (Å²) in [6.45, 7) is 4.16. The number of hydrogen-bond acceptors (Lipinski definition) is 8. The van der Waals surface area contributed by atoms with Gasteiger partial charge in [-0.3, -0.25) is 4.79 Å². The molecule has 0 aliphatic heterocycles. The van der Waals surface area contributed by atoms with Gasteiger partial charge in [0, 0.05) is 17.1 Å². The first-order chi connectivity index (χ1) is 15.0. The first-order valence-corrected chi connectivity index (χ1v) is 11.4. The fraction of sp³-hybridized carbons (Fsp3) is 0.174. The smallest absolute Gasteiger partial charge is 0.348 e. The van der Waals surface area contributed by atoms with E-state index < -0.39 is 11.4 Å². The van der Waals surface area contributed by atoms with Crippen LogP contribution in [0.3, 0.4) is 0 Å². The molecule has 0 radical (unpaired) electrons. The summed E-state index contributed by atoms with van der Waals surface area (Å²) in [5, 5.41) is 3.52. The second-order valence-electron chi connectivity index (χ2n) is 6.60. The lowest BCUT2D eigenvalue weighted by Crippen LogP contribution is -2.16. The van der Waals surface area contributed by atoms with Gasteiger partial charge in [-0.05, 0) is 30.7 Å². The van der Waals surface area contributed by atoms with Crippen molar-refractivity contribution in [3.63, 3.8) is 0 Å². The van der Waals surface area contributed by atoms with Gasteiger partial charge in [-0.1, -0.05) is 42.1 Å². The van der Waals surface area contributed by atoms with Crippen LogP contribution in [0.5, 0.6) is 11.5 Å². The average Bonchev–Trinajstić information content (AvgIpc) is 3.19. The van der Waals surface area contributed by atoms with Gasteiger partial charge in [0.2, 0.25) is 11.2 Å². The zero-order chi connectivity index (χ0) is 21.8. The second kappa shape index (κ2) is 9.36. The van der Waals surface area contributed by atoms with Crippen LogP contribution in [-0.4, -0.2) is 17.6 Å². The molecule has 0 N–H and O–H groups in total. The van der Waals surface area contributed by atoms with Crippen molar-refractivity contribution in [2.24, 2.45) is 0 Å². The molecule has 0 aliphatic rings. The van der Waals surface area contributed by atoms with Crippen molar-refractivity contribution < 1.29 is 18.7 Å². The number of thiazole rings is 1. The Bertz CT molecular complexity index is 1290. The third-order valence-electron chi connectivity index (χ3n) is 4.39. The Morgan fingerprint density at radius 3 is 2.77 bits per heavy atom. The minimum absolute atomic E-state index is 0.167. The highest BCUT2D eigenvalue weighted by Gasteiger charge is 2.20. The van der Waals surface area contributed by atoms with Gasteiger partial charge >= 0.3 is 5.97 Å². The first-order valence-electron chi connectivity index (χ1n) is 9.58. The number of hydrogen-bond donors (Lipinski definition) is 0. The Kier molecular flexibility index (Phi) is 6.39. The minimum atomic E-state index is -0.673. The van der Waals surface area contributed by atoms with Crippen molar-refractivity contribution >= 4 is 39.8 Å². The highest BCUT2D eigenvalue weighted by Crippen LogP contribution is 2.30. The first kappa shape index (κ1) is 21.1. The van der Waals surface area contributed by atoms with Crippen LogP contribution in [0.2, 0.25) is 0 Å². The van der Waals surface area contributed by atoms with Crippen LogP contribution in [0.1, 0.15) is 28.7 Å². The predicted molar refractivity (Wildman–Crippen MR) is 121 cm³/mol. The Balaban J connectivity index is 1.56. The molecule has 0 spiro atoms. The van der Waals surface area contributed by atoms with E-state index in [0.717, 1.165) is 15.4 Å². The monoisotopic (exact) mass is 453 g/mol. The molecular weight excluding hydrogens is 434 g/mol. The molecule has 8 heteroatoms. The van der Waals surface area contributed by atoms with Gasteiger partial charge in [0.05, 0.1) is 12.4 Å². The zero-order valence-electron chi connectivity index (χ0n) is 16.9.